The van der Waals surface area contributed by atoms with E-state index in [0.717, 1.165) is 22.4 Å². The smallest absolute Gasteiger partial charge is 0.254 e. The number of anilines is 1. The maximum absolute atomic E-state index is 14.0. The van der Waals surface area contributed by atoms with Gasteiger partial charge in [-0.25, -0.2) is 4.98 Å². The highest BCUT2D eigenvalue weighted by Crippen LogP contribution is 2.31. The summed E-state index contributed by atoms with van der Waals surface area (Å²) in [5, 5.41) is 13.1. The Kier molecular flexibility index (Phi) is 9.33. The highest BCUT2D eigenvalue weighted by Gasteiger charge is 2.24. The van der Waals surface area contributed by atoms with Gasteiger partial charge in [0.05, 0.1) is 12.8 Å². The zero-order chi connectivity index (χ0) is 30.2. The Labute approximate surface area is 254 Å². The second kappa shape index (κ2) is 13.7. The van der Waals surface area contributed by atoms with Crippen LogP contribution in [0.2, 0.25) is 0 Å². The van der Waals surface area contributed by atoms with Crippen LogP contribution < -0.4 is 10.5 Å². The molecule has 5 aromatic rings. The molecule has 1 heterocycles. The molecule has 0 aliphatic carbocycles. The van der Waals surface area contributed by atoms with Crippen molar-refractivity contribution in [3.05, 3.63) is 131 Å². The first-order valence-electron chi connectivity index (χ1n) is 13.7. The monoisotopic (exact) mass is 592 g/mol. The first kappa shape index (κ1) is 29.3. The summed E-state index contributed by atoms with van der Waals surface area (Å²) in [6.45, 7) is 0.528. The number of phenols is 1. The average Bonchev–Trinajstić information content (AvgIpc) is 3.48. The van der Waals surface area contributed by atoms with Crippen molar-refractivity contribution in [1.29, 1.82) is 0 Å². The van der Waals surface area contributed by atoms with Gasteiger partial charge in [0, 0.05) is 41.7 Å². The maximum Gasteiger partial charge on any atom is 0.254 e. The van der Waals surface area contributed by atoms with Gasteiger partial charge in [0.1, 0.15) is 6.54 Å². The molecule has 0 aliphatic heterocycles. The van der Waals surface area contributed by atoms with E-state index >= 15 is 0 Å². The number of aromatic nitrogens is 1. The van der Waals surface area contributed by atoms with Crippen LogP contribution >= 0.6 is 11.3 Å². The van der Waals surface area contributed by atoms with Crippen LogP contribution in [0.5, 0.6) is 11.5 Å². The Morgan fingerprint density at radius 3 is 2.02 bits per heavy atom. The molecule has 0 unspecified atom stereocenters. The number of benzene rings is 4. The number of rotatable bonds is 11. The van der Waals surface area contributed by atoms with E-state index in [9.17, 15) is 14.7 Å². The fraction of sp³-hybridized carbons (Fsp3) is 0.147. The Morgan fingerprint density at radius 1 is 0.814 bits per heavy atom. The molecule has 9 heteroatoms. The van der Waals surface area contributed by atoms with Crippen LogP contribution in [-0.4, -0.2) is 45.4 Å². The van der Waals surface area contributed by atoms with Crippen molar-refractivity contribution in [3.63, 3.8) is 0 Å². The molecule has 0 fully saturated rings. The SMILES string of the molecule is COc1cccc(CN(Cc2ccccc2)C(=O)CN(Cc2ccccc2)C(=O)c2ccc(-c3csc(N)n3)cc2)c1O. The molecule has 43 heavy (non-hydrogen) atoms. The topological polar surface area (TPSA) is 109 Å². The number of hydrogen-bond acceptors (Lipinski definition) is 7. The maximum atomic E-state index is 14.0. The standard InChI is InChI=1S/C34H32N4O4S/c1-42-30-14-8-13-28(32(30)40)21-37(19-24-9-4-2-5-10-24)31(39)22-38(20-25-11-6-3-7-12-25)33(41)27-17-15-26(16-18-27)29-23-43-34(35)36-29/h2-18,23,40H,19-22H2,1H3,(H2,35,36). The van der Waals surface area contributed by atoms with Gasteiger partial charge in [-0.2, -0.15) is 0 Å². The van der Waals surface area contributed by atoms with E-state index in [0.29, 0.717) is 28.6 Å². The van der Waals surface area contributed by atoms with Crippen molar-refractivity contribution in [2.75, 3.05) is 19.4 Å². The van der Waals surface area contributed by atoms with Crippen LogP contribution in [0, 0.1) is 0 Å². The van der Waals surface area contributed by atoms with Gasteiger partial charge in [0.15, 0.2) is 16.6 Å². The summed E-state index contributed by atoms with van der Waals surface area (Å²) in [5.41, 5.74) is 10.2. The molecule has 8 nitrogen and oxygen atoms in total. The lowest BCUT2D eigenvalue weighted by Crippen LogP contribution is -2.42. The minimum Gasteiger partial charge on any atom is -0.504 e. The minimum absolute atomic E-state index is 0.0185. The number of thiazole rings is 1. The molecular weight excluding hydrogens is 560 g/mol. The van der Waals surface area contributed by atoms with Crippen molar-refractivity contribution in [1.82, 2.24) is 14.8 Å². The third-order valence-corrected chi connectivity index (χ3v) is 7.69. The quantitative estimate of drug-likeness (QED) is 0.195. The Balaban J connectivity index is 1.42. The minimum atomic E-state index is -0.273. The molecule has 0 saturated carbocycles. The van der Waals surface area contributed by atoms with Crippen LogP contribution in [0.1, 0.15) is 27.0 Å². The first-order chi connectivity index (χ1) is 20.9. The number of nitrogens with two attached hydrogens (primary N) is 1. The molecule has 0 radical (unpaired) electrons. The second-order valence-electron chi connectivity index (χ2n) is 10.00. The first-order valence-corrected chi connectivity index (χ1v) is 14.6. The number of aromatic hydroxyl groups is 1. The molecule has 5 rings (SSSR count). The van der Waals surface area contributed by atoms with Gasteiger partial charge in [-0.15, -0.1) is 11.3 Å². The van der Waals surface area contributed by atoms with E-state index in [-0.39, 0.29) is 37.2 Å². The van der Waals surface area contributed by atoms with Gasteiger partial charge in [-0.1, -0.05) is 84.9 Å². The zero-order valence-electron chi connectivity index (χ0n) is 23.7. The molecule has 0 saturated heterocycles. The number of amides is 2. The number of carbonyl (C=O) groups is 2. The molecule has 0 spiro atoms. The van der Waals surface area contributed by atoms with E-state index in [4.69, 9.17) is 10.5 Å². The van der Waals surface area contributed by atoms with Gasteiger partial charge in [-0.3, -0.25) is 9.59 Å². The molecule has 0 atom stereocenters. The third kappa shape index (κ3) is 7.38. The highest BCUT2D eigenvalue weighted by atomic mass is 32.1. The Hall–Kier alpha value is -5.15. The zero-order valence-corrected chi connectivity index (χ0v) is 24.5. The summed E-state index contributed by atoms with van der Waals surface area (Å²) in [6, 6.07) is 31.5. The molecule has 3 N–H and O–H groups in total. The van der Waals surface area contributed by atoms with Crippen LogP contribution in [-0.2, 0) is 24.4 Å². The number of phenolic OH excluding ortho intramolecular Hbond substituents is 1. The number of nitrogens with zero attached hydrogens (tertiary/aromatic N) is 3. The summed E-state index contributed by atoms with van der Waals surface area (Å²) < 4.78 is 5.28. The summed E-state index contributed by atoms with van der Waals surface area (Å²) in [6.07, 6.45) is 0. The summed E-state index contributed by atoms with van der Waals surface area (Å²) in [4.78, 5) is 35.4. The second-order valence-corrected chi connectivity index (χ2v) is 10.9. The Morgan fingerprint density at radius 2 is 1.44 bits per heavy atom. The predicted octanol–water partition coefficient (Wildman–Crippen LogP) is 5.98. The normalized spacial score (nSPS) is 10.7. The number of methoxy groups -OCH3 is 1. The molecular formula is C34H32N4O4S. The van der Waals surface area contributed by atoms with Crippen molar-refractivity contribution in [2.24, 2.45) is 0 Å². The summed E-state index contributed by atoms with van der Waals surface area (Å²) in [7, 11) is 1.48. The van der Waals surface area contributed by atoms with Crippen LogP contribution in [0.25, 0.3) is 11.3 Å². The molecule has 218 valence electrons. The molecule has 2 amide bonds. The number of nitrogen functional groups attached to an aromatic ring is 1. The molecule has 0 aliphatic rings. The van der Waals surface area contributed by atoms with Crippen LogP contribution in [0.4, 0.5) is 5.13 Å². The van der Waals surface area contributed by atoms with Gasteiger partial charge in [-0.05, 0) is 29.3 Å². The lowest BCUT2D eigenvalue weighted by molar-refractivity contribution is -0.133. The number of hydrogen-bond donors (Lipinski definition) is 2. The van der Waals surface area contributed by atoms with E-state index in [1.54, 1.807) is 40.1 Å². The van der Waals surface area contributed by atoms with E-state index in [1.165, 1.54) is 18.4 Å². The molecule has 1 aromatic heterocycles. The van der Waals surface area contributed by atoms with E-state index in [1.807, 2.05) is 78.2 Å². The van der Waals surface area contributed by atoms with Gasteiger partial charge in [0.25, 0.3) is 5.91 Å². The average molecular weight is 593 g/mol. The summed E-state index contributed by atoms with van der Waals surface area (Å²) >= 11 is 1.36. The third-order valence-electron chi connectivity index (χ3n) is 7.01. The predicted molar refractivity (Wildman–Crippen MR) is 168 cm³/mol. The van der Waals surface area contributed by atoms with Crippen molar-refractivity contribution in [2.45, 2.75) is 19.6 Å². The van der Waals surface area contributed by atoms with E-state index in [2.05, 4.69) is 4.98 Å². The molecule has 0 bridgehead atoms. The van der Waals surface area contributed by atoms with Gasteiger partial charge < -0.3 is 25.4 Å². The van der Waals surface area contributed by atoms with Crippen molar-refractivity contribution in [3.8, 4) is 22.8 Å². The van der Waals surface area contributed by atoms with Crippen LogP contribution in [0.3, 0.4) is 0 Å². The fourth-order valence-corrected chi connectivity index (χ4v) is 5.33. The highest BCUT2D eigenvalue weighted by molar-refractivity contribution is 7.13. The lowest BCUT2D eigenvalue weighted by atomic mass is 10.1. The largest absolute Gasteiger partial charge is 0.504 e. The fourth-order valence-electron chi connectivity index (χ4n) is 4.75. The number of ether oxygens (including phenoxy) is 1. The molecule has 4 aromatic carbocycles. The number of para-hydroxylation sites is 1. The van der Waals surface area contributed by atoms with Crippen LogP contribution in [0.15, 0.2) is 109 Å². The summed E-state index contributed by atoms with van der Waals surface area (Å²) in [5.74, 6) is -0.223. The van der Waals surface area contributed by atoms with Gasteiger partial charge >= 0.3 is 0 Å². The van der Waals surface area contributed by atoms with Gasteiger partial charge in [0.2, 0.25) is 5.91 Å². The van der Waals surface area contributed by atoms with Crippen molar-refractivity contribution < 1.29 is 19.4 Å². The Bertz CT molecular complexity index is 1670. The van der Waals surface area contributed by atoms with E-state index < -0.39 is 0 Å². The lowest BCUT2D eigenvalue weighted by Gasteiger charge is -2.28. The number of carbonyl (C=O) groups excluding carboxylic acids is 2. The van der Waals surface area contributed by atoms with Crippen molar-refractivity contribution >= 4 is 28.3 Å².